The summed E-state index contributed by atoms with van der Waals surface area (Å²) < 4.78 is 22.9. The molecule has 130 valence electrons. The standard InChI is InChI=1S/C16H22N4O3S/c1-4-24(22,23)8-7-17-16(21)12(3)20-15-13-9-11(2)5-6-14(13)18-10-19-15/h5-6,9-10,12H,4,7-8H2,1-3H3,(H,17,21)(H,18,19,20). The number of fused-ring (bicyclic) bond motifs is 1. The maximum Gasteiger partial charge on any atom is 0.242 e. The molecule has 0 bridgehead atoms. The third kappa shape index (κ3) is 4.64. The Balaban J connectivity index is 2.03. The van der Waals surface area contributed by atoms with Crippen LogP contribution in [0, 0.1) is 6.92 Å². The molecule has 2 aromatic rings. The van der Waals surface area contributed by atoms with Crippen LogP contribution in [0.2, 0.25) is 0 Å². The van der Waals surface area contributed by atoms with E-state index >= 15 is 0 Å². The van der Waals surface area contributed by atoms with Crippen molar-refractivity contribution >= 4 is 32.5 Å². The number of sulfone groups is 1. The van der Waals surface area contributed by atoms with Crippen LogP contribution in [-0.2, 0) is 14.6 Å². The fourth-order valence-electron chi connectivity index (χ4n) is 2.18. The maximum absolute atomic E-state index is 12.1. The summed E-state index contributed by atoms with van der Waals surface area (Å²) in [5, 5.41) is 6.53. The summed E-state index contributed by atoms with van der Waals surface area (Å²) in [4.78, 5) is 20.5. The minimum Gasteiger partial charge on any atom is -0.358 e. The van der Waals surface area contributed by atoms with E-state index in [2.05, 4.69) is 20.6 Å². The van der Waals surface area contributed by atoms with Gasteiger partial charge in [0.05, 0.1) is 11.3 Å². The molecule has 7 nitrogen and oxygen atoms in total. The van der Waals surface area contributed by atoms with Crippen molar-refractivity contribution in [1.29, 1.82) is 0 Å². The SMILES string of the molecule is CCS(=O)(=O)CCNC(=O)C(C)Nc1ncnc2ccc(C)cc12. The summed E-state index contributed by atoms with van der Waals surface area (Å²) in [6.45, 7) is 5.36. The van der Waals surface area contributed by atoms with Gasteiger partial charge < -0.3 is 10.6 Å². The van der Waals surface area contributed by atoms with Crippen molar-refractivity contribution in [3.05, 3.63) is 30.1 Å². The fourth-order valence-corrected chi connectivity index (χ4v) is 2.89. The fraction of sp³-hybridized carbons (Fsp3) is 0.438. The zero-order chi connectivity index (χ0) is 17.7. The van der Waals surface area contributed by atoms with Gasteiger partial charge in [-0.25, -0.2) is 18.4 Å². The van der Waals surface area contributed by atoms with Gasteiger partial charge in [0.25, 0.3) is 0 Å². The van der Waals surface area contributed by atoms with Crippen LogP contribution >= 0.6 is 0 Å². The number of aromatic nitrogens is 2. The second-order valence-electron chi connectivity index (χ2n) is 5.64. The Morgan fingerprint density at radius 2 is 2.04 bits per heavy atom. The van der Waals surface area contributed by atoms with Crippen molar-refractivity contribution in [2.45, 2.75) is 26.8 Å². The number of hydrogen-bond donors (Lipinski definition) is 2. The van der Waals surface area contributed by atoms with Crippen molar-refractivity contribution in [2.24, 2.45) is 0 Å². The number of carbonyl (C=O) groups excluding carboxylic acids is 1. The highest BCUT2D eigenvalue weighted by Gasteiger charge is 2.16. The normalized spacial score (nSPS) is 12.8. The molecule has 1 atom stereocenters. The van der Waals surface area contributed by atoms with Crippen LogP contribution in [0.3, 0.4) is 0 Å². The largest absolute Gasteiger partial charge is 0.358 e. The van der Waals surface area contributed by atoms with Gasteiger partial charge in [-0.3, -0.25) is 4.79 Å². The monoisotopic (exact) mass is 350 g/mol. The zero-order valence-electron chi connectivity index (χ0n) is 14.0. The number of benzene rings is 1. The molecule has 1 aromatic heterocycles. The van der Waals surface area contributed by atoms with Crippen LogP contribution in [0.1, 0.15) is 19.4 Å². The summed E-state index contributed by atoms with van der Waals surface area (Å²) >= 11 is 0. The Labute approximate surface area is 141 Å². The number of nitrogens with one attached hydrogen (secondary N) is 2. The molecular formula is C16H22N4O3S. The first-order valence-electron chi connectivity index (χ1n) is 7.78. The van der Waals surface area contributed by atoms with E-state index in [1.165, 1.54) is 6.33 Å². The van der Waals surface area contributed by atoms with Crippen LogP contribution < -0.4 is 10.6 Å². The average molecular weight is 350 g/mol. The van der Waals surface area contributed by atoms with E-state index in [1.54, 1.807) is 13.8 Å². The number of carbonyl (C=O) groups is 1. The predicted octanol–water partition coefficient (Wildman–Crippen LogP) is 1.29. The van der Waals surface area contributed by atoms with E-state index in [-0.39, 0.29) is 24.0 Å². The molecule has 0 spiro atoms. The minimum atomic E-state index is -3.09. The summed E-state index contributed by atoms with van der Waals surface area (Å²) in [7, 11) is -3.09. The van der Waals surface area contributed by atoms with Crippen molar-refractivity contribution in [1.82, 2.24) is 15.3 Å². The van der Waals surface area contributed by atoms with E-state index in [0.29, 0.717) is 5.82 Å². The highest BCUT2D eigenvalue weighted by atomic mass is 32.2. The molecular weight excluding hydrogens is 328 g/mol. The number of nitrogens with zero attached hydrogens (tertiary/aromatic N) is 2. The van der Waals surface area contributed by atoms with Gasteiger partial charge in [0, 0.05) is 17.7 Å². The van der Waals surface area contributed by atoms with Gasteiger partial charge in [-0.05, 0) is 26.0 Å². The molecule has 1 amide bonds. The van der Waals surface area contributed by atoms with Gasteiger partial charge in [0.1, 0.15) is 18.2 Å². The van der Waals surface area contributed by atoms with Crippen LogP contribution in [0.4, 0.5) is 5.82 Å². The molecule has 2 rings (SSSR count). The van der Waals surface area contributed by atoms with Gasteiger partial charge in [-0.1, -0.05) is 18.6 Å². The molecule has 0 aliphatic rings. The van der Waals surface area contributed by atoms with Gasteiger partial charge in [0.15, 0.2) is 9.84 Å². The molecule has 2 N–H and O–H groups in total. The third-order valence-electron chi connectivity index (χ3n) is 3.69. The summed E-state index contributed by atoms with van der Waals surface area (Å²) in [5.41, 5.74) is 1.86. The molecule has 8 heteroatoms. The van der Waals surface area contributed by atoms with Crippen LogP contribution in [0.25, 0.3) is 10.9 Å². The minimum absolute atomic E-state index is 0.0579. The molecule has 0 aliphatic heterocycles. The quantitative estimate of drug-likeness (QED) is 0.780. The Bertz CT molecular complexity index is 836. The van der Waals surface area contributed by atoms with E-state index < -0.39 is 15.9 Å². The van der Waals surface area contributed by atoms with Crippen LogP contribution in [0.15, 0.2) is 24.5 Å². The molecule has 0 saturated carbocycles. The number of aryl methyl sites for hydroxylation is 1. The second kappa shape index (κ2) is 7.57. The Hall–Kier alpha value is -2.22. The van der Waals surface area contributed by atoms with Crippen molar-refractivity contribution in [2.75, 3.05) is 23.4 Å². The first-order valence-corrected chi connectivity index (χ1v) is 9.60. The molecule has 0 fully saturated rings. The number of anilines is 1. The van der Waals surface area contributed by atoms with Crippen molar-refractivity contribution in [3.63, 3.8) is 0 Å². The van der Waals surface area contributed by atoms with Crippen molar-refractivity contribution < 1.29 is 13.2 Å². The first-order chi connectivity index (χ1) is 11.3. The van der Waals surface area contributed by atoms with Gasteiger partial charge in [0.2, 0.25) is 5.91 Å². The highest BCUT2D eigenvalue weighted by Crippen LogP contribution is 2.20. The molecule has 1 heterocycles. The summed E-state index contributed by atoms with van der Waals surface area (Å²) in [6.07, 6.45) is 1.44. The third-order valence-corrected chi connectivity index (χ3v) is 5.40. The smallest absolute Gasteiger partial charge is 0.242 e. The van der Waals surface area contributed by atoms with Crippen molar-refractivity contribution in [3.8, 4) is 0 Å². The molecule has 1 aromatic carbocycles. The number of amides is 1. The lowest BCUT2D eigenvalue weighted by atomic mass is 10.1. The van der Waals surface area contributed by atoms with Gasteiger partial charge >= 0.3 is 0 Å². The van der Waals surface area contributed by atoms with Gasteiger partial charge in [-0.2, -0.15) is 0 Å². The Morgan fingerprint density at radius 1 is 1.29 bits per heavy atom. The second-order valence-corrected chi connectivity index (χ2v) is 8.11. The van der Waals surface area contributed by atoms with E-state index in [1.807, 2.05) is 25.1 Å². The molecule has 0 aliphatic carbocycles. The van der Waals surface area contributed by atoms with Crippen LogP contribution in [-0.4, -0.2) is 48.4 Å². The molecule has 1 unspecified atom stereocenters. The molecule has 24 heavy (non-hydrogen) atoms. The maximum atomic E-state index is 12.1. The van der Waals surface area contributed by atoms with Gasteiger partial charge in [-0.15, -0.1) is 0 Å². The predicted molar refractivity (Wildman–Crippen MR) is 94.7 cm³/mol. The van der Waals surface area contributed by atoms with E-state index in [9.17, 15) is 13.2 Å². The first kappa shape index (κ1) is 18.1. The van der Waals surface area contributed by atoms with E-state index in [0.717, 1.165) is 16.5 Å². The molecule has 0 radical (unpaired) electrons. The van der Waals surface area contributed by atoms with E-state index in [4.69, 9.17) is 0 Å². The Morgan fingerprint density at radius 3 is 2.75 bits per heavy atom. The lowest BCUT2D eigenvalue weighted by Crippen LogP contribution is -2.40. The number of rotatable bonds is 7. The highest BCUT2D eigenvalue weighted by molar-refractivity contribution is 7.91. The lowest BCUT2D eigenvalue weighted by molar-refractivity contribution is -0.121. The van der Waals surface area contributed by atoms with Crippen LogP contribution in [0.5, 0.6) is 0 Å². The average Bonchev–Trinajstić information content (AvgIpc) is 2.55. The molecule has 0 saturated heterocycles. The zero-order valence-corrected chi connectivity index (χ0v) is 14.9. The number of hydrogen-bond acceptors (Lipinski definition) is 6. The Kier molecular flexibility index (Phi) is 5.71. The summed E-state index contributed by atoms with van der Waals surface area (Å²) in [5.74, 6) is 0.314. The lowest BCUT2D eigenvalue weighted by Gasteiger charge is -2.16. The summed E-state index contributed by atoms with van der Waals surface area (Å²) in [6, 6.07) is 5.27. The topological polar surface area (TPSA) is 101 Å².